The summed E-state index contributed by atoms with van der Waals surface area (Å²) in [6.07, 6.45) is 0. The first-order chi connectivity index (χ1) is 15.5. The number of nitrogens with two attached hydrogens (primary N) is 1. The summed E-state index contributed by atoms with van der Waals surface area (Å²) in [5, 5.41) is 11.2. The van der Waals surface area contributed by atoms with E-state index in [0.29, 0.717) is 28.8 Å². The molecule has 7 heteroatoms. The maximum Gasteiger partial charge on any atom is 0.319 e. The van der Waals surface area contributed by atoms with Crippen LogP contribution in [0.5, 0.6) is 0 Å². The molecule has 0 bridgehead atoms. The van der Waals surface area contributed by atoms with E-state index < -0.39 is 0 Å². The highest BCUT2D eigenvalue weighted by molar-refractivity contribution is 6.30. The number of amides is 2. The number of nitrogens with one attached hydrogen (secondary N) is 2. The van der Waals surface area contributed by atoms with E-state index in [1.807, 2.05) is 79.7 Å². The Hall–Kier alpha value is -3.77. The first kappa shape index (κ1) is 21.5. The largest absolute Gasteiger partial charge is 0.382 e. The van der Waals surface area contributed by atoms with Gasteiger partial charge in [-0.1, -0.05) is 84.4 Å². The highest BCUT2D eigenvalue weighted by Crippen LogP contribution is 2.33. The Labute approximate surface area is 192 Å². The van der Waals surface area contributed by atoms with E-state index >= 15 is 0 Å². The van der Waals surface area contributed by atoms with Gasteiger partial charge in [0.1, 0.15) is 17.2 Å². The third-order valence-corrected chi connectivity index (χ3v) is 5.42. The lowest BCUT2D eigenvalue weighted by Gasteiger charge is -2.15. The molecule has 32 heavy (non-hydrogen) atoms. The predicted molar refractivity (Wildman–Crippen MR) is 130 cm³/mol. The van der Waals surface area contributed by atoms with E-state index in [-0.39, 0.29) is 12.1 Å². The van der Waals surface area contributed by atoms with Crippen LogP contribution in [0.3, 0.4) is 0 Å². The van der Waals surface area contributed by atoms with E-state index in [2.05, 4.69) is 10.6 Å². The maximum atomic E-state index is 12.8. The van der Waals surface area contributed by atoms with Gasteiger partial charge in [-0.25, -0.2) is 9.48 Å². The summed E-state index contributed by atoms with van der Waals surface area (Å²) in [5.74, 6) is 0.376. The van der Waals surface area contributed by atoms with Crippen molar-refractivity contribution in [3.63, 3.8) is 0 Å². The van der Waals surface area contributed by atoms with E-state index in [1.165, 1.54) is 0 Å². The van der Waals surface area contributed by atoms with Gasteiger partial charge in [0.25, 0.3) is 0 Å². The van der Waals surface area contributed by atoms with Crippen molar-refractivity contribution < 1.29 is 4.79 Å². The fourth-order valence-electron chi connectivity index (χ4n) is 3.46. The molecule has 0 saturated carbocycles. The smallest absolute Gasteiger partial charge is 0.319 e. The van der Waals surface area contributed by atoms with Crippen molar-refractivity contribution in [2.75, 3.05) is 11.1 Å². The first-order valence-corrected chi connectivity index (χ1v) is 10.7. The van der Waals surface area contributed by atoms with Crippen molar-refractivity contribution in [2.45, 2.75) is 19.5 Å². The van der Waals surface area contributed by atoms with Crippen LogP contribution in [0.2, 0.25) is 5.02 Å². The van der Waals surface area contributed by atoms with Gasteiger partial charge in [0, 0.05) is 10.6 Å². The van der Waals surface area contributed by atoms with Crippen molar-refractivity contribution in [1.29, 1.82) is 0 Å². The zero-order chi connectivity index (χ0) is 22.5. The Kier molecular flexibility index (Phi) is 6.42. The third-order valence-electron chi connectivity index (χ3n) is 5.17. The van der Waals surface area contributed by atoms with Crippen molar-refractivity contribution in [2.24, 2.45) is 0 Å². The summed E-state index contributed by atoms with van der Waals surface area (Å²) in [6, 6.07) is 26.4. The van der Waals surface area contributed by atoms with Gasteiger partial charge in [0.15, 0.2) is 0 Å². The van der Waals surface area contributed by atoms with Crippen molar-refractivity contribution >= 4 is 29.1 Å². The summed E-state index contributed by atoms with van der Waals surface area (Å²) < 4.78 is 1.69. The maximum absolute atomic E-state index is 12.8. The molecule has 2 amide bonds. The van der Waals surface area contributed by atoms with Gasteiger partial charge in [-0.3, -0.25) is 0 Å². The number of carbonyl (C=O) groups excluding carboxylic acids is 1. The number of rotatable bonds is 6. The average Bonchev–Trinajstić information content (AvgIpc) is 3.10. The van der Waals surface area contributed by atoms with Crippen LogP contribution in [-0.2, 0) is 6.54 Å². The van der Waals surface area contributed by atoms with Crippen LogP contribution in [0, 0.1) is 0 Å². The van der Waals surface area contributed by atoms with Crippen LogP contribution in [-0.4, -0.2) is 15.8 Å². The number of anilines is 2. The second-order valence-corrected chi connectivity index (χ2v) is 7.93. The number of aromatic nitrogens is 2. The standard InChI is InChI=1S/C25H24ClN5O/c1-17(19-10-6-3-7-11-19)28-25(32)29-23-22(20-12-14-21(26)15-13-20)30-31(24(23)27)16-18-8-4-2-5-9-18/h2-15,17H,16,27H2,1H3,(H2,28,29,32)/t17-/m1/s1. The number of urea groups is 1. The Morgan fingerprint density at radius 1 is 1.00 bits per heavy atom. The Bertz CT molecular complexity index is 1190. The van der Waals surface area contributed by atoms with Crippen LogP contribution in [0.1, 0.15) is 24.1 Å². The number of benzene rings is 3. The molecule has 0 radical (unpaired) electrons. The molecule has 0 unspecified atom stereocenters. The molecule has 0 aliphatic heterocycles. The number of carbonyl (C=O) groups is 1. The Balaban J connectivity index is 1.63. The van der Waals surface area contributed by atoms with E-state index in [1.54, 1.807) is 16.8 Å². The summed E-state index contributed by atoms with van der Waals surface area (Å²) in [4.78, 5) is 12.8. The fraction of sp³-hybridized carbons (Fsp3) is 0.120. The lowest BCUT2D eigenvalue weighted by molar-refractivity contribution is 0.249. The van der Waals surface area contributed by atoms with Crippen molar-refractivity contribution in [3.05, 3.63) is 101 Å². The summed E-state index contributed by atoms with van der Waals surface area (Å²) in [7, 11) is 0. The van der Waals surface area contributed by atoms with Crippen molar-refractivity contribution in [1.82, 2.24) is 15.1 Å². The molecule has 4 aromatic rings. The van der Waals surface area contributed by atoms with Crippen LogP contribution in [0.4, 0.5) is 16.3 Å². The second-order valence-electron chi connectivity index (χ2n) is 7.49. The molecule has 1 heterocycles. The molecule has 4 N–H and O–H groups in total. The molecular formula is C25H24ClN5O. The van der Waals surface area contributed by atoms with Crippen LogP contribution in [0.15, 0.2) is 84.9 Å². The van der Waals surface area contributed by atoms with Gasteiger partial charge in [0.2, 0.25) is 0 Å². The molecule has 3 aromatic carbocycles. The first-order valence-electron chi connectivity index (χ1n) is 10.3. The average molecular weight is 446 g/mol. The molecule has 0 fully saturated rings. The second kappa shape index (κ2) is 9.58. The zero-order valence-electron chi connectivity index (χ0n) is 17.6. The summed E-state index contributed by atoms with van der Waals surface area (Å²) in [5.41, 5.74) is 10.3. The van der Waals surface area contributed by atoms with Gasteiger partial charge in [-0.15, -0.1) is 0 Å². The molecule has 0 aliphatic rings. The molecule has 1 aromatic heterocycles. The topological polar surface area (TPSA) is 85.0 Å². The molecular weight excluding hydrogens is 422 g/mol. The molecule has 1 atom stereocenters. The minimum absolute atomic E-state index is 0.171. The number of nitrogen functional groups attached to an aromatic ring is 1. The zero-order valence-corrected chi connectivity index (χ0v) is 18.4. The van der Waals surface area contributed by atoms with E-state index in [4.69, 9.17) is 22.4 Å². The predicted octanol–water partition coefficient (Wildman–Crippen LogP) is 5.72. The number of hydrogen-bond donors (Lipinski definition) is 3. The lowest BCUT2D eigenvalue weighted by Crippen LogP contribution is -2.31. The highest BCUT2D eigenvalue weighted by Gasteiger charge is 2.20. The quantitative estimate of drug-likeness (QED) is 0.355. The highest BCUT2D eigenvalue weighted by atomic mass is 35.5. The lowest BCUT2D eigenvalue weighted by atomic mass is 10.1. The van der Waals surface area contributed by atoms with Crippen LogP contribution >= 0.6 is 11.6 Å². The van der Waals surface area contributed by atoms with E-state index in [9.17, 15) is 4.79 Å². The minimum atomic E-state index is -0.359. The third kappa shape index (κ3) is 4.92. The van der Waals surface area contributed by atoms with Crippen LogP contribution in [0.25, 0.3) is 11.3 Å². The number of hydrogen-bond acceptors (Lipinski definition) is 3. The molecule has 0 spiro atoms. The Morgan fingerprint density at radius 2 is 1.62 bits per heavy atom. The monoisotopic (exact) mass is 445 g/mol. The van der Waals surface area contributed by atoms with Gasteiger partial charge < -0.3 is 16.4 Å². The summed E-state index contributed by atoms with van der Waals surface area (Å²) >= 11 is 6.05. The molecule has 162 valence electrons. The molecule has 6 nitrogen and oxygen atoms in total. The van der Waals surface area contributed by atoms with Crippen LogP contribution < -0.4 is 16.4 Å². The SMILES string of the molecule is C[C@@H](NC(=O)Nc1c(-c2ccc(Cl)cc2)nn(Cc2ccccc2)c1N)c1ccccc1. The molecule has 0 saturated heterocycles. The normalized spacial score (nSPS) is 11.7. The summed E-state index contributed by atoms with van der Waals surface area (Å²) in [6.45, 7) is 2.41. The van der Waals surface area contributed by atoms with Gasteiger partial charge in [-0.2, -0.15) is 5.10 Å². The fourth-order valence-corrected chi connectivity index (χ4v) is 3.58. The molecule has 0 aliphatic carbocycles. The number of halogens is 1. The minimum Gasteiger partial charge on any atom is -0.382 e. The van der Waals surface area contributed by atoms with Gasteiger partial charge in [0.05, 0.1) is 12.6 Å². The van der Waals surface area contributed by atoms with Crippen molar-refractivity contribution in [3.8, 4) is 11.3 Å². The van der Waals surface area contributed by atoms with E-state index in [0.717, 1.165) is 16.7 Å². The number of nitrogens with zero attached hydrogens (tertiary/aromatic N) is 2. The van der Waals surface area contributed by atoms with Gasteiger partial charge >= 0.3 is 6.03 Å². The molecule has 4 rings (SSSR count). The Morgan fingerprint density at radius 3 is 2.28 bits per heavy atom. The van der Waals surface area contributed by atoms with Gasteiger partial charge in [-0.05, 0) is 30.2 Å².